The fraction of sp³-hybridized carbons (Fsp3) is 0.364. The molecule has 2 aromatic rings. The number of nitrogens with one attached hydrogen (secondary N) is 1. The molecule has 4 rings (SSSR count). The average molecular weight is 348 g/mol. The summed E-state index contributed by atoms with van der Waals surface area (Å²) in [5.74, 6) is 0.222. The number of Topliss-reactive ketones (excluding diaryl/α,β-unsaturated/α-hetero) is 1. The van der Waals surface area contributed by atoms with E-state index in [2.05, 4.69) is 19.3 Å². The summed E-state index contributed by atoms with van der Waals surface area (Å²) in [6.07, 6.45) is 2.12. The highest BCUT2D eigenvalue weighted by Gasteiger charge is 2.68. The lowest BCUT2D eigenvalue weighted by molar-refractivity contribution is -0.144. The summed E-state index contributed by atoms with van der Waals surface area (Å²) in [4.78, 5) is 26.2. The summed E-state index contributed by atoms with van der Waals surface area (Å²) >= 11 is 0. The van der Waals surface area contributed by atoms with E-state index in [9.17, 15) is 9.59 Å². The minimum atomic E-state index is -0.917. The Morgan fingerprint density at radius 2 is 1.54 bits per heavy atom. The van der Waals surface area contributed by atoms with Crippen LogP contribution in [0.5, 0.6) is 0 Å². The summed E-state index contributed by atoms with van der Waals surface area (Å²) in [5.41, 5.74) is 3.58. The minimum absolute atomic E-state index is 0.0947. The molecule has 0 spiro atoms. The fourth-order valence-corrected chi connectivity index (χ4v) is 4.84. The van der Waals surface area contributed by atoms with E-state index in [1.165, 1.54) is 0 Å². The van der Waals surface area contributed by atoms with Gasteiger partial charge in [0, 0.05) is 6.42 Å². The normalized spacial score (nSPS) is 25.9. The molecule has 1 N–H and O–H groups in total. The summed E-state index contributed by atoms with van der Waals surface area (Å²) in [6.45, 7) is 4.15. The first kappa shape index (κ1) is 16.8. The summed E-state index contributed by atoms with van der Waals surface area (Å²) in [7, 11) is 0. The standard InChI is InChI=1S/C22H24N2O2/c1-21(2)16-13-14-22(21,19(25)15-16)20(26)23-24(17-9-5-3-6-10-17)18-11-7-4-8-12-18/h3-12,16H,13-15H2,1-2H3,(H,23,26). The number of para-hydroxylation sites is 2. The molecule has 0 saturated heterocycles. The Morgan fingerprint density at radius 1 is 1.00 bits per heavy atom. The Morgan fingerprint density at radius 3 is 1.96 bits per heavy atom. The lowest BCUT2D eigenvalue weighted by Gasteiger charge is -2.37. The number of rotatable bonds is 4. The molecule has 1 amide bonds. The molecule has 4 nitrogen and oxygen atoms in total. The first-order valence-corrected chi connectivity index (χ1v) is 9.21. The molecular formula is C22H24N2O2. The van der Waals surface area contributed by atoms with Crippen molar-refractivity contribution in [2.75, 3.05) is 5.01 Å². The number of anilines is 2. The Hall–Kier alpha value is -2.62. The molecule has 0 aromatic heterocycles. The van der Waals surface area contributed by atoms with Crippen molar-refractivity contribution >= 4 is 23.1 Å². The fourth-order valence-electron chi connectivity index (χ4n) is 4.84. The molecule has 2 fully saturated rings. The molecule has 2 bridgehead atoms. The van der Waals surface area contributed by atoms with Crippen LogP contribution in [0.1, 0.15) is 33.1 Å². The second kappa shape index (κ2) is 5.97. The van der Waals surface area contributed by atoms with Crippen LogP contribution < -0.4 is 10.4 Å². The minimum Gasteiger partial charge on any atom is -0.298 e. The zero-order valence-electron chi connectivity index (χ0n) is 15.2. The molecule has 0 radical (unpaired) electrons. The van der Waals surface area contributed by atoms with Gasteiger partial charge < -0.3 is 0 Å². The third kappa shape index (κ3) is 2.28. The predicted molar refractivity (Wildman–Crippen MR) is 102 cm³/mol. The molecule has 0 heterocycles. The van der Waals surface area contributed by atoms with E-state index in [4.69, 9.17) is 0 Å². The number of fused-ring (bicyclic) bond motifs is 2. The molecule has 2 aliphatic rings. The van der Waals surface area contributed by atoms with Crippen LogP contribution in [-0.2, 0) is 9.59 Å². The number of ketones is 1. The van der Waals surface area contributed by atoms with E-state index < -0.39 is 5.41 Å². The second-order valence-corrected chi connectivity index (χ2v) is 7.94. The molecule has 2 unspecified atom stereocenters. The molecule has 4 heteroatoms. The Labute approximate surface area is 154 Å². The van der Waals surface area contributed by atoms with Gasteiger partial charge in [-0.1, -0.05) is 50.2 Å². The number of nitrogens with zero attached hydrogens (tertiary/aromatic N) is 1. The first-order valence-electron chi connectivity index (χ1n) is 9.21. The number of benzene rings is 2. The average Bonchev–Trinajstić information content (AvgIpc) is 3.03. The van der Waals surface area contributed by atoms with Gasteiger partial charge in [-0.05, 0) is 48.4 Å². The maximum Gasteiger partial charge on any atom is 0.253 e. The van der Waals surface area contributed by atoms with Gasteiger partial charge in [0.15, 0.2) is 0 Å². The zero-order chi connectivity index (χ0) is 18.4. The van der Waals surface area contributed by atoms with E-state index in [1.807, 2.05) is 60.7 Å². The Kier molecular flexibility index (Phi) is 3.87. The monoisotopic (exact) mass is 348 g/mol. The molecule has 0 aliphatic heterocycles. The molecule has 134 valence electrons. The summed E-state index contributed by atoms with van der Waals surface area (Å²) in [6, 6.07) is 19.4. The maximum atomic E-state index is 13.4. The Balaban J connectivity index is 1.71. The van der Waals surface area contributed by atoms with Gasteiger partial charge in [-0.2, -0.15) is 0 Å². The molecular weight excluding hydrogens is 324 g/mol. The summed E-state index contributed by atoms with van der Waals surface area (Å²) < 4.78 is 0. The first-order chi connectivity index (χ1) is 12.5. The van der Waals surface area contributed by atoms with Crippen LogP contribution in [-0.4, -0.2) is 11.7 Å². The van der Waals surface area contributed by atoms with Gasteiger partial charge >= 0.3 is 0 Å². The van der Waals surface area contributed by atoms with E-state index in [1.54, 1.807) is 5.01 Å². The quantitative estimate of drug-likeness (QED) is 0.664. The van der Waals surface area contributed by atoms with Crippen molar-refractivity contribution < 1.29 is 9.59 Å². The van der Waals surface area contributed by atoms with Crippen LogP contribution in [0.4, 0.5) is 11.4 Å². The number of hydrogen-bond donors (Lipinski definition) is 1. The summed E-state index contributed by atoms with van der Waals surface area (Å²) in [5, 5.41) is 1.78. The van der Waals surface area contributed by atoms with Crippen molar-refractivity contribution in [1.82, 2.24) is 5.43 Å². The molecule has 2 saturated carbocycles. The van der Waals surface area contributed by atoms with Gasteiger partial charge in [-0.15, -0.1) is 0 Å². The van der Waals surface area contributed by atoms with Gasteiger partial charge in [-0.3, -0.25) is 20.0 Å². The van der Waals surface area contributed by atoms with Crippen molar-refractivity contribution in [3.05, 3.63) is 60.7 Å². The molecule has 2 atom stereocenters. The Bertz CT molecular complexity index is 792. The molecule has 26 heavy (non-hydrogen) atoms. The highest BCUT2D eigenvalue weighted by molar-refractivity contribution is 6.10. The van der Waals surface area contributed by atoms with Crippen LogP contribution in [0.2, 0.25) is 0 Å². The maximum absolute atomic E-state index is 13.4. The molecule has 2 aromatic carbocycles. The van der Waals surface area contributed by atoms with Gasteiger partial charge in [0.25, 0.3) is 5.91 Å². The predicted octanol–water partition coefficient (Wildman–Crippen LogP) is 4.25. The van der Waals surface area contributed by atoms with Crippen molar-refractivity contribution in [2.45, 2.75) is 33.1 Å². The van der Waals surface area contributed by atoms with Gasteiger partial charge in [0.2, 0.25) is 0 Å². The van der Waals surface area contributed by atoms with Gasteiger partial charge in [-0.25, -0.2) is 0 Å². The highest BCUT2D eigenvalue weighted by Crippen LogP contribution is 2.64. The number of hydrazine groups is 1. The van der Waals surface area contributed by atoms with Crippen molar-refractivity contribution in [3.8, 4) is 0 Å². The molecule has 2 aliphatic carbocycles. The van der Waals surface area contributed by atoms with Crippen LogP contribution in [0.25, 0.3) is 0 Å². The van der Waals surface area contributed by atoms with E-state index in [0.717, 1.165) is 17.8 Å². The lowest BCUT2D eigenvalue weighted by atomic mass is 9.68. The van der Waals surface area contributed by atoms with Crippen molar-refractivity contribution in [3.63, 3.8) is 0 Å². The smallest absolute Gasteiger partial charge is 0.253 e. The SMILES string of the molecule is CC1(C)C2CCC1(C(=O)NN(c1ccccc1)c1ccccc1)C(=O)C2. The zero-order valence-corrected chi connectivity index (χ0v) is 15.2. The van der Waals surface area contributed by atoms with Crippen LogP contribution >= 0.6 is 0 Å². The van der Waals surface area contributed by atoms with Crippen molar-refractivity contribution in [1.29, 1.82) is 0 Å². The number of hydrogen-bond acceptors (Lipinski definition) is 3. The highest BCUT2D eigenvalue weighted by atomic mass is 16.2. The van der Waals surface area contributed by atoms with Crippen molar-refractivity contribution in [2.24, 2.45) is 16.7 Å². The van der Waals surface area contributed by atoms with Crippen LogP contribution in [0, 0.1) is 16.7 Å². The number of amides is 1. The number of carbonyl (C=O) groups is 2. The van der Waals surface area contributed by atoms with Gasteiger partial charge in [0.1, 0.15) is 11.2 Å². The third-order valence-corrected chi connectivity index (χ3v) is 6.53. The topological polar surface area (TPSA) is 49.4 Å². The van der Waals surface area contributed by atoms with Crippen LogP contribution in [0.15, 0.2) is 60.7 Å². The van der Waals surface area contributed by atoms with E-state index in [-0.39, 0.29) is 17.1 Å². The van der Waals surface area contributed by atoms with Gasteiger partial charge in [0.05, 0.1) is 11.4 Å². The van der Waals surface area contributed by atoms with E-state index in [0.29, 0.717) is 18.8 Å². The second-order valence-electron chi connectivity index (χ2n) is 7.94. The van der Waals surface area contributed by atoms with E-state index >= 15 is 0 Å². The largest absolute Gasteiger partial charge is 0.298 e. The third-order valence-electron chi connectivity index (χ3n) is 6.53. The van der Waals surface area contributed by atoms with Crippen LogP contribution in [0.3, 0.4) is 0 Å². The lowest BCUT2D eigenvalue weighted by Crippen LogP contribution is -2.54. The number of carbonyl (C=O) groups excluding carboxylic acids is 2.